The smallest absolute Gasteiger partial charge is 0.221 e. The van der Waals surface area contributed by atoms with Crippen molar-refractivity contribution in [3.8, 4) is 0 Å². The third-order valence-corrected chi connectivity index (χ3v) is 3.10. The van der Waals surface area contributed by atoms with Crippen LogP contribution >= 0.6 is 0 Å². The fraction of sp³-hybridized carbons (Fsp3) is 0.917. The zero-order chi connectivity index (χ0) is 11.8. The molecule has 0 saturated carbocycles. The van der Waals surface area contributed by atoms with Gasteiger partial charge in [-0.1, -0.05) is 13.8 Å². The number of nitrogens with zero attached hydrogens (tertiary/aromatic N) is 1. The van der Waals surface area contributed by atoms with Crippen molar-refractivity contribution in [1.82, 2.24) is 15.5 Å². The molecule has 1 rings (SSSR count). The molecule has 4 heteroatoms. The molecule has 0 bridgehead atoms. The number of piperidine rings is 1. The van der Waals surface area contributed by atoms with Crippen LogP contribution in [0.4, 0.5) is 0 Å². The van der Waals surface area contributed by atoms with Crippen LogP contribution in [0.15, 0.2) is 0 Å². The van der Waals surface area contributed by atoms with Gasteiger partial charge in [-0.05, 0) is 32.5 Å². The molecule has 94 valence electrons. The lowest BCUT2D eigenvalue weighted by Crippen LogP contribution is -2.47. The molecule has 0 aliphatic carbocycles. The van der Waals surface area contributed by atoms with Gasteiger partial charge in [-0.3, -0.25) is 4.79 Å². The van der Waals surface area contributed by atoms with Crippen molar-refractivity contribution in [3.05, 3.63) is 0 Å². The van der Waals surface area contributed by atoms with Crippen LogP contribution < -0.4 is 10.6 Å². The Morgan fingerprint density at radius 2 is 2.25 bits per heavy atom. The highest BCUT2D eigenvalue weighted by molar-refractivity contribution is 5.76. The van der Waals surface area contributed by atoms with Crippen LogP contribution in [0.3, 0.4) is 0 Å². The molecule has 1 aliphatic rings. The number of nitrogens with one attached hydrogen (secondary N) is 2. The lowest BCUT2D eigenvalue weighted by molar-refractivity contribution is -0.122. The molecule has 1 saturated heterocycles. The molecule has 0 radical (unpaired) electrons. The summed E-state index contributed by atoms with van der Waals surface area (Å²) in [6.07, 6.45) is 2.92. The summed E-state index contributed by atoms with van der Waals surface area (Å²) < 4.78 is 0. The van der Waals surface area contributed by atoms with Crippen molar-refractivity contribution in [1.29, 1.82) is 0 Å². The summed E-state index contributed by atoms with van der Waals surface area (Å²) in [6, 6.07) is 0.364. The first-order valence-corrected chi connectivity index (χ1v) is 6.48. The summed E-state index contributed by atoms with van der Waals surface area (Å²) in [7, 11) is 0. The molecule has 1 unspecified atom stereocenters. The van der Waals surface area contributed by atoms with E-state index in [0.717, 1.165) is 32.6 Å². The van der Waals surface area contributed by atoms with E-state index in [1.54, 1.807) is 0 Å². The van der Waals surface area contributed by atoms with Gasteiger partial charge in [0.05, 0.1) is 0 Å². The predicted octanol–water partition coefficient (Wildman–Crippen LogP) is 0.587. The van der Waals surface area contributed by atoms with Gasteiger partial charge in [0.1, 0.15) is 0 Å². The van der Waals surface area contributed by atoms with Crippen LogP contribution in [0.5, 0.6) is 0 Å². The standard InChI is InChI=1S/C12H25N3O/c1-3-13-8-7-12(16)14-11-6-5-9-15(4-2)10-11/h11,13H,3-10H2,1-2H3,(H,14,16). The first kappa shape index (κ1) is 13.5. The summed E-state index contributed by atoms with van der Waals surface area (Å²) in [4.78, 5) is 14.0. The van der Waals surface area contributed by atoms with Crippen LogP contribution in [0, 0.1) is 0 Å². The second kappa shape index (κ2) is 7.63. The molecule has 1 heterocycles. The van der Waals surface area contributed by atoms with E-state index < -0.39 is 0 Å². The third-order valence-electron chi connectivity index (χ3n) is 3.10. The maximum atomic E-state index is 11.6. The minimum atomic E-state index is 0.184. The lowest BCUT2D eigenvalue weighted by atomic mass is 10.1. The number of likely N-dealkylation sites (N-methyl/N-ethyl adjacent to an activating group) is 1. The summed E-state index contributed by atoms with van der Waals surface area (Å²) in [5.41, 5.74) is 0. The van der Waals surface area contributed by atoms with Crippen molar-refractivity contribution in [3.63, 3.8) is 0 Å². The fourth-order valence-corrected chi connectivity index (χ4v) is 2.14. The van der Waals surface area contributed by atoms with Crippen molar-refractivity contribution in [2.75, 3.05) is 32.7 Å². The topological polar surface area (TPSA) is 44.4 Å². The quantitative estimate of drug-likeness (QED) is 0.653. The Hall–Kier alpha value is -0.610. The molecule has 0 aromatic heterocycles. The van der Waals surface area contributed by atoms with Gasteiger partial charge in [0.15, 0.2) is 0 Å². The van der Waals surface area contributed by atoms with Crippen LogP contribution in [-0.2, 0) is 4.79 Å². The molecule has 2 N–H and O–H groups in total. The number of hydrogen-bond acceptors (Lipinski definition) is 3. The van der Waals surface area contributed by atoms with Gasteiger partial charge < -0.3 is 15.5 Å². The zero-order valence-corrected chi connectivity index (χ0v) is 10.6. The molecule has 1 fully saturated rings. The normalized spacial score (nSPS) is 22.0. The Balaban J connectivity index is 2.17. The third kappa shape index (κ3) is 4.94. The monoisotopic (exact) mass is 227 g/mol. The van der Waals surface area contributed by atoms with E-state index in [4.69, 9.17) is 0 Å². The van der Waals surface area contributed by atoms with E-state index in [0.29, 0.717) is 12.5 Å². The Labute approximate surface area is 98.8 Å². The Bertz CT molecular complexity index is 208. The van der Waals surface area contributed by atoms with Crippen molar-refractivity contribution >= 4 is 5.91 Å². The molecule has 0 aromatic rings. The van der Waals surface area contributed by atoms with Crippen LogP contribution in [0.2, 0.25) is 0 Å². The van der Waals surface area contributed by atoms with Crippen molar-refractivity contribution in [2.24, 2.45) is 0 Å². The highest BCUT2D eigenvalue weighted by Crippen LogP contribution is 2.09. The molecule has 1 aliphatic heterocycles. The van der Waals surface area contributed by atoms with Gasteiger partial charge in [0.25, 0.3) is 0 Å². The van der Waals surface area contributed by atoms with Crippen LogP contribution in [0.1, 0.15) is 33.1 Å². The summed E-state index contributed by atoms with van der Waals surface area (Å²) >= 11 is 0. The number of likely N-dealkylation sites (tertiary alicyclic amines) is 1. The summed E-state index contributed by atoms with van der Waals surface area (Å²) in [5.74, 6) is 0.184. The van der Waals surface area contributed by atoms with Gasteiger partial charge in [-0.15, -0.1) is 0 Å². The lowest BCUT2D eigenvalue weighted by Gasteiger charge is -2.32. The van der Waals surface area contributed by atoms with E-state index >= 15 is 0 Å². The maximum Gasteiger partial charge on any atom is 0.221 e. The highest BCUT2D eigenvalue weighted by atomic mass is 16.1. The van der Waals surface area contributed by atoms with E-state index in [9.17, 15) is 4.79 Å². The number of amides is 1. The largest absolute Gasteiger partial charge is 0.352 e. The van der Waals surface area contributed by atoms with Crippen LogP contribution in [-0.4, -0.2) is 49.6 Å². The Kier molecular flexibility index (Phi) is 6.42. The average Bonchev–Trinajstić information content (AvgIpc) is 2.29. The molecule has 1 atom stereocenters. The minimum Gasteiger partial charge on any atom is -0.352 e. The Morgan fingerprint density at radius 1 is 1.44 bits per heavy atom. The number of carbonyl (C=O) groups is 1. The van der Waals surface area contributed by atoms with Gasteiger partial charge in [-0.25, -0.2) is 0 Å². The number of carbonyl (C=O) groups excluding carboxylic acids is 1. The predicted molar refractivity (Wildman–Crippen MR) is 66.4 cm³/mol. The molecule has 4 nitrogen and oxygen atoms in total. The van der Waals surface area contributed by atoms with E-state index in [-0.39, 0.29) is 5.91 Å². The van der Waals surface area contributed by atoms with Gasteiger partial charge in [0, 0.05) is 25.6 Å². The van der Waals surface area contributed by atoms with E-state index in [2.05, 4.69) is 29.4 Å². The molecule has 16 heavy (non-hydrogen) atoms. The summed E-state index contributed by atoms with van der Waals surface area (Å²) in [5, 5.41) is 6.29. The van der Waals surface area contributed by atoms with Gasteiger partial charge in [0.2, 0.25) is 5.91 Å². The highest BCUT2D eigenvalue weighted by Gasteiger charge is 2.19. The van der Waals surface area contributed by atoms with E-state index in [1.165, 1.54) is 13.0 Å². The second-order valence-corrected chi connectivity index (χ2v) is 4.40. The molecule has 0 spiro atoms. The van der Waals surface area contributed by atoms with Gasteiger partial charge in [-0.2, -0.15) is 0 Å². The molecular formula is C12H25N3O. The van der Waals surface area contributed by atoms with Crippen molar-refractivity contribution < 1.29 is 4.79 Å². The first-order valence-electron chi connectivity index (χ1n) is 6.48. The fourth-order valence-electron chi connectivity index (χ4n) is 2.14. The average molecular weight is 227 g/mol. The first-order chi connectivity index (χ1) is 7.76. The molecular weight excluding hydrogens is 202 g/mol. The minimum absolute atomic E-state index is 0.184. The SMILES string of the molecule is CCNCCC(=O)NC1CCCN(CC)C1. The van der Waals surface area contributed by atoms with Crippen molar-refractivity contribution in [2.45, 2.75) is 39.2 Å². The van der Waals surface area contributed by atoms with Crippen LogP contribution in [0.25, 0.3) is 0 Å². The summed E-state index contributed by atoms with van der Waals surface area (Å²) in [6.45, 7) is 9.23. The molecule has 1 amide bonds. The zero-order valence-electron chi connectivity index (χ0n) is 10.6. The number of rotatable bonds is 6. The Morgan fingerprint density at radius 3 is 2.94 bits per heavy atom. The van der Waals surface area contributed by atoms with E-state index in [1.807, 2.05) is 0 Å². The van der Waals surface area contributed by atoms with Gasteiger partial charge >= 0.3 is 0 Å². The maximum absolute atomic E-state index is 11.6. The number of hydrogen-bond donors (Lipinski definition) is 2. The second-order valence-electron chi connectivity index (χ2n) is 4.40. The molecule has 0 aromatic carbocycles.